The van der Waals surface area contributed by atoms with Gasteiger partial charge in [-0.25, -0.2) is 15.0 Å². The summed E-state index contributed by atoms with van der Waals surface area (Å²) in [4.78, 5) is 24.6. The average Bonchev–Trinajstić information content (AvgIpc) is 3.96. The molecule has 0 aliphatic carbocycles. The molecule has 4 aromatic carbocycles. The molecule has 2 N–H and O–H groups in total. The van der Waals surface area contributed by atoms with Crippen LogP contribution in [-0.4, -0.2) is 94.5 Å². The van der Waals surface area contributed by atoms with Crippen LogP contribution in [-0.2, 0) is 20.5 Å². The maximum absolute atomic E-state index is 4.20. The fourth-order valence-corrected chi connectivity index (χ4v) is 7.14. The zero-order valence-corrected chi connectivity index (χ0v) is 34.9. The van der Waals surface area contributed by atoms with Gasteiger partial charge in [0.25, 0.3) is 0 Å². The predicted octanol–water partition coefficient (Wildman–Crippen LogP) is 8.36. The third-order valence-corrected chi connectivity index (χ3v) is 10.6. The molecular formula is C47H59N11. The Morgan fingerprint density at radius 1 is 0.672 bits per heavy atom. The summed E-state index contributed by atoms with van der Waals surface area (Å²) in [7, 11) is 8.13. The van der Waals surface area contributed by atoms with Gasteiger partial charge in [0, 0.05) is 86.2 Å². The second-order valence-corrected chi connectivity index (χ2v) is 14.7. The lowest BCUT2D eigenvalue weighted by Gasteiger charge is -2.22. The number of likely N-dealkylation sites (N-methyl/N-ethyl adjacent to an activating group) is 1. The van der Waals surface area contributed by atoms with Gasteiger partial charge in [-0.3, -0.25) is 9.98 Å². The molecule has 7 heterocycles. The Bertz CT molecular complexity index is 2300. The van der Waals surface area contributed by atoms with E-state index in [1.165, 1.54) is 102 Å². The number of aliphatic imine (C=N–C) groups is 2. The summed E-state index contributed by atoms with van der Waals surface area (Å²) in [6.07, 6.45) is 13.6. The number of nitrogens with zero attached hydrogens (tertiary/aromatic N) is 9. The average molecular weight is 778 g/mol. The van der Waals surface area contributed by atoms with Crippen molar-refractivity contribution < 1.29 is 0 Å². The normalized spacial score (nSPS) is 14.9. The first-order valence-corrected chi connectivity index (χ1v) is 20.4. The van der Waals surface area contributed by atoms with Gasteiger partial charge in [-0.2, -0.15) is 0 Å². The summed E-state index contributed by atoms with van der Waals surface area (Å²) in [5.41, 5.74) is 9.58. The van der Waals surface area contributed by atoms with Crippen molar-refractivity contribution in [1.82, 2.24) is 34.3 Å². The molecule has 58 heavy (non-hydrogen) atoms. The molecule has 1 fully saturated rings. The van der Waals surface area contributed by atoms with Gasteiger partial charge in [0.05, 0.1) is 24.9 Å². The van der Waals surface area contributed by atoms with E-state index in [-0.39, 0.29) is 0 Å². The highest BCUT2D eigenvalue weighted by Crippen LogP contribution is 2.27. The zero-order valence-electron chi connectivity index (χ0n) is 34.9. The van der Waals surface area contributed by atoms with Crippen LogP contribution in [0.3, 0.4) is 0 Å². The molecule has 0 bridgehead atoms. The van der Waals surface area contributed by atoms with Crippen LogP contribution in [0.4, 0.5) is 11.4 Å². The molecule has 11 nitrogen and oxygen atoms in total. The van der Waals surface area contributed by atoms with Crippen molar-refractivity contribution in [2.45, 2.75) is 39.0 Å². The van der Waals surface area contributed by atoms with Gasteiger partial charge in [-0.1, -0.05) is 79.2 Å². The van der Waals surface area contributed by atoms with Crippen LogP contribution in [0.25, 0.3) is 33.0 Å². The lowest BCUT2D eigenvalue weighted by atomic mass is 10.0. The van der Waals surface area contributed by atoms with Gasteiger partial charge in [-0.15, -0.1) is 0 Å². The number of rotatable bonds is 0. The van der Waals surface area contributed by atoms with E-state index in [2.05, 4.69) is 162 Å². The van der Waals surface area contributed by atoms with Crippen molar-refractivity contribution in [2.24, 2.45) is 24.1 Å². The lowest BCUT2D eigenvalue weighted by Crippen LogP contribution is -2.21. The van der Waals surface area contributed by atoms with Crippen molar-refractivity contribution >= 4 is 56.4 Å². The van der Waals surface area contributed by atoms with Crippen LogP contribution in [0, 0.1) is 0 Å². The number of aryl methyl sites for hydroxylation is 3. The first-order chi connectivity index (χ1) is 28.4. The predicted molar refractivity (Wildman–Crippen MR) is 245 cm³/mol. The number of piperidine rings is 1. The maximum Gasteiger partial charge on any atom is 0.162 e. The van der Waals surface area contributed by atoms with E-state index in [0.717, 1.165) is 37.5 Å². The number of benzene rings is 4. The summed E-state index contributed by atoms with van der Waals surface area (Å²) in [5.74, 6) is 1.17. The standard InChI is InChI=1S/C13H11N.C9H10N2.C9H11N.C6H6N4.C5H10N2.C5H11N/c1-14-12-8-4-2-6-10(12)11-7-3-5-9-13(11)14;1-11-7-10-6-8-4-2-3-5-9(8)11;1-2-6-9-8(4-1)5-3-7-10-9;1-10-4-9-5-2-7-3-8-6(5)10;1-5-6-3-4-7(5)2;1-2-4-6-5-3-1/h2-9H,1H3;2-6H,7H2,1H3;1-2,4,6,10H,3,5,7H2;2-4H,1H3;3-4H2,1-2H3;6H,1-5H2. The van der Waals surface area contributed by atoms with Crippen molar-refractivity contribution in [3.05, 3.63) is 127 Å². The number of nitrogens with one attached hydrogen (secondary N) is 2. The molecule has 4 aliphatic rings. The Morgan fingerprint density at radius 3 is 1.97 bits per heavy atom. The van der Waals surface area contributed by atoms with Crippen LogP contribution in [0.1, 0.15) is 43.7 Å². The highest BCUT2D eigenvalue weighted by atomic mass is 15.2. The van der Waals surface area contributed by atoms with E-state index in [0.29, 0.717) is 0 Å². The Labute approximate surface area is 343 Å². The third kappa shape index (κ3) is 11.3. The van der Waals surface area contributed by atoms with Gasteiger partial charge in [-0.05, 0) is 75.5 Å². The number of fused-ring (bicyclic) bond motifs is 6. The van der Waals surface area contributed by atoms with Crippen LogP contribution >= 0.6 is 0 Å². The quantitative estimate of drug-likeness (QED) is 0.160. The minimum atomic E-state index is 0.775. The van der Waals surface area contributed by atoms with E-state index in [1.807, 2.05) is 30.8 Å². The smallest absolute Gasteiger partial charge is 0.162 e. The molecule has 0 spiro atoms. The number of anilines is 2. The number of para-hydroxylation sites is 4. The van der Waals surface area contributed by atoms with Gasteiger partial charge in [0.1, 0.15) is 18.5 Å². The second kappa shape index (κ2) is 21.5. The van der Waals surface area contributed by atoms with Crippen LogP contribution in [0.5, 0.6) is 0 Å². The monoisotopic (exact) mass is 777 g/mol. The zero-order chi connectivity index (χ0) is 40.5. The first kappa shape index (κ1) is 41.6. The Balaban J connectivity index is 0.000000120. The number of hydrogen-bond acceptors (Lipinski definition) is 9. The Morgan fingerprint density at radius 2 is 1.36 bits per heavy atom. The molecule has 11 heteroatoms. The first-order valence-electron chi connectivity index (χ1n) is 20.4. The Hall–Kier alpha value is -6.07. The van der Waals surface area contributed by atoms with Gasteiger partial charge in [0.2, 0.25) is 0 Å². The molecule has 11 rings (SSSR count). The fraction of sp³-hybridized carbons (Fsp3) is 0.340. The highest BCUT2D eigenvalue weighted by molar-refractivity contribution is 6.07. The number of hydrogen-bond donors (Lipinski definition) is 2. The fourth-order valence-electron chi connectivity index (χ4n) is 7.14. The van der Waals surface area contributed by atoms with E-state index in [1.54, 1.807) is 12.5 Å². The van der Waals surface area contributed by atoms with Crippen LogP contribution < -0.4 is 15.5 Å². The van der Waals surface area contributed by atoms with Gasteiger partial charge >= 0.3 is 0 Å². The summed E-state index contributed by atoms with van der Waals surface area (Å²) < 4.78 is 4.10. The van der Waals surface area contributed by atoms with E-state index >= 15 is 0 Å². The summed E-state index contributed by atoms with van der Waals surface area (Å²) >= 11 is 0. The molecular weight excluding hydrogens is 719 g/mol. The van der Waals surface area contributed by atoms with E-state index in [4.69, 9.17) is 0 Å². The largest absolute Gasteiger partial charge is 0.385 e. The molecule has 3 aromatic heterocycles. The van der Waals surface area contributed by atoms with Crippen LogP contribution in [0.2, 0.25) is 0 Å². The molecule has 1 saturated heterocycles. The molecule has 0 unspecified atom stereocenters. The SMILES string of the molecule is C1CCNCC1.CC1=NCCN1C.CN1CN=Cc2ccccc21.Cn1c2ccccc2c2ccccc21.Cn1cnc2cncnc21.c1ccc2c(c1)CCCN2. The third-order valence-electron chi connectivity index (χ3n) is 10.6. The lowest BCUT2D eigenvalue weighted by molar-refractivity contribution is 0.520. The summed E-state index contributed by atoms with van der Waals surface area (Å²) in [6.45, 7) is 8.54. The van der Waals surface area contributed by atoms with Crippen LogP contribution in [0.15, 0.2) is 126 Å². The van der Waals surface area contributed by atoms with E-state index < -0.39 is 0 Å². The number of aromatic nitrogens is 5. The van der Waals surface area contributed by atoms with Crippen molar-refractivity contribution in [2.75, 3.05) is 63.7 Å². The summed E-state index contributed by atoms with van der Waals surface area (Å²) in [5, 5.41) is 9.32. The minimum Gasteiger partial charge on any atom is -0.385 e. The van der Waals surface area contributed by atoms with E-state index in [9.17, 15) is 0 Å². The second-order valence-electron chi connectivity index (χ2n) is 14.7. The minimum absolute atomic E-state index is 0.775. The van der Waals surface area contributed by atoms with Crippen molar-refractivity contribution in [3.8, 4) is 0 Å². The van der Waals surface area contributed by atoms with Crippen molar-refractivity contribution in [3.63, 3.8) is 0 Å². The van der Waals surface area contributed by atoms with Crippen molar-refractivity contribution in [1.29, 1.82) is 0 Å². The molecule has 0 saturated carbocycles. The highest BCUT2D eigenvalue weighted by Gasteiger charge is 2.08. The molecule has 4 aliphatic heterocycles. The molecule has 0 atom stereocenters. The number of imidazole rings is 1. The van der Waals surface area contributed by atoms with Gasteiger partial charge < -0.3 is 29.6 Å². The topological polar surface area (TPSA) is 104 Å². The number of amidine groups is 1. The maximum atomic E-state index is 4.20. The molecule has 0 radical (unpaired) electrons. The van der Waals surface area contributed by atoms with Gasteiger partial charge in [0.15, 0.2) is 5.65 Å². The Kier molecular flexibility index (Phi) is 15.4. The molecule has 302 valence electrons. The molecule has 0 amide bonds. The molecule has 7 aromatic rings. The summed E-state index contributed by atoms with van der Waals surface area (Å²) in [6, 6.07) is 33.8.